The van der Waals surface area contributed by atoms with E-state index >= 15 is 0 Å². The average molecular weight is 395 g/mol. The van der Waals surface area contributed by atoms with E-state index in [-0.39, 0.29) is 35.9 Å². The second kappa shape index (κ2) is 6.27. The maximum atomic E-state index is 11.3. The lowest BCUT2D eigenvalue weighted by Crippen LogP contribution is -2.64. The van der Waals surface area contributed by atoms with Crippen molar-refractivity contribution in [1.82, 2.24) is 0 Å². The topological polar surface area (TPSA) is 107 Å². The van der Waals surface area contributed by atoms with Gasteiger partial charge < -0.3 is 25.2 Å². The molecule has 2 bridgehead atoms. The van der Waals surface area contributed by atoms with Gasteiger partial charge in [-0.2, -0.15) is 0 Å². The number of aliphatic hydroxyl groups is 4. The van der Waals surface area contributed by atoms with Crippen LogP contribution >= 0.6 is 0 Å². The van der Waals surface area contributed by atoms with Crippen LogP contribution in [0, 0.1) is 28.1 Å². The summed E-state index contributed by atoms with van der Waals surface area (Å²) in [6, 6.07) is 0. The van der Waals surface area contributed by atoms with Crippen LogP contribution < -0.4 is 0 Å². The predicted molar refractivity (Wildman–Crippen MR) is 102 cm³/mol. The number of hydrogen-bond acceptors (Lipinski definition) is 6. The highest BCUT2D eigenvalue weighted by Gasteiger charge is 2.69. The zero-order chi connectivity index (χ0) is 20.5. The van der Waals surface area contributed by atoms with Crippen molar-refractivity contribution in [2.24, 2.45) is 28.1 Å². The molecule has 0 radical (unpaired) electrons. The molecule has 6 heteroatoms. The van der Waals surface area contributed by atoms with Gasteiger partial charge in [0.15, 0.2) is 0 Å². The maximum absolute atomic E-state index is 11.3. The Kier molecular flexibility index (Phi) is 4.55. The number of ether oxygens (including phenoxy) is 1. The molecule has 4 aliphatic carbocycles. The lowest BCUT2D eigenvalue weighted by atomic mass is 9.39. The van der Waals surface area contributed by atoms with Gasteiger partial charge in [-0.3, -0.25) is 4.79 Å². The summed E-state index contributed by atoms with van der Waals surface area (Å²) in [5.41, 5.74) is -1.11. The zero-order valence-electron chi connectivity index (χ0n) is 17.1. The van der Waals surface area contributed by atoms with Gasteiger partial charge in [-0.15, -0.1) is 0 Å². The van der Waals surface area contributed by atoms with Gasteiger partial charge in [-0.25, -0.2) is 0 Å². The summed E-state index contributed by atoms with van der Waals surface area (Å²) >= 11 is 0. The molecule has 158 valence electrons. The van der Waals surface area contributed by atoms with E-state index in [1.54, 1.807) is 0 Å². The third-order valence-electron chi connectivity index (χ3n) is 9.22. The molecule has 4 aliphatic rings. The van der Waals surface area contributed by atoms with Crippen molar-refractivity contribution in [1.29, 1.82) is 0 Å². The summed E-state index contributed by atoms with van der Waals surface area (Å²) < 4.78 is 5.16. The molecule has 0 saturated heterocycles. The summed E-state index contributed by atoms with van der Waals surface area (Å²) in [7, 11) is 0. The number of rotatable bonds is 3. The molecule has 0 unspecified atom stereocenters. The highest BCUT2D eigenvalue weighted by Crippen LogP contribution is 2.73. The van der Waals surface area contributed by atoms with E-state index in [1.807, 2.05) is 13.0 Å². The van der Waals surface area contributed by atoms with Gasteiger partial charge in [0.2, 0.25) is 0 Å². The molecule has 0 heterocycles. The molecule has 0 aromatic carbocycles. The highest BCUT2D eigenvalue weighted by atomic mass is 16.5. The molecule has 4 N–H and O–H groups in total. The van der Waals surface area contributed by atoms with Crippen molar-refractivity contribution in [2.45, 2.75) is 77.1 Å². The second-order valence-corrected chi connectivity index (χ2v) is 10.3. The van der Waals surface area contributed by atoms with Gasteiger partial charge in [-0.1, -0.05) is 19.9 Å². The van der Waals surface area contributed by atoms with Gasteiger partial charge in [0.05, 0.1) is 18.8 Å². The zero-order valence-corrected chi connectivity index (χ0v) is 17.1. The molecular weight excluding hydrogens is 360 g/mol. The van der Waals surface area contributed by atoms with Crippen LogP contribution in [0.5, 0.6) is 0 Å². The minimum atomic E-state index is -1.10. The Labute approximate surface area is 166 Å². The molecule has 28 heavy (non-hydrogen) atoms. The Bertz CT molecular complexity index is 705. The van der Waals surface area contributed by atoms with Crippen molar-refractivity contribution in [3.8, 4) is 0 Å². The van der Waals surface area contributed by atoms with Gasteiger partial charge >= 0.3 is 5.97 Å². The fourth-order valence-corrected chi connectivity index (χ4v) is 7.39. The summed E-state index contributed by atoms with van der Waals surface area (Å²) in [6.45, 7) is 5.44. The van der Waals surface area contributed by atoms with Crippen molar-refractivity contribution in [2.75, 3.05) is 13.2 Å². The molecule has 4 rings (SSSR count). The van der Waals surface area contributed by atoms with Crippen LogP contribution in [0.4, 0.5) is 0 Å². The van der Waals surface area contributed by atoms with E-state index < -0.39 is 29.2 Å². The SMILES string of the molecule is CC(=O)OC[C@@]1(O)CC[C@]23C[C@H]1C=C2[C@H](O)C[C@H]1[C@](C)(CO)[C@H](O)CC[C@@]13C. The molecular formula is C22H34O6. The summed E-state index contributed by atoms with van der Waals surface area (Å²) in [5.74, 6) is -0.559. The molecule has 0 amide bonds. The Hall–Kier alpha value is -0.950. The third kappa shape index (κ3) is 2.44. The van der Waals surface area contributed by atoms with Gasteiger partial charge in [0.1, 0.15) is 12.2 Å². The van der Waals surface area contributed by atoms with E-state index in [4.69, 9.17) is 4.74 Å². The van der Waals surface area contributed by atoms with Crippen LogP contribution in [0.25, 0.3) is 0 Å². The van der Waals surface area contributed by atoms with E-state index in [1.165, 1.54) is 6.92 Å². The number of fused-ring (bicyclic) bond motifs is 2. The Morgan fingerprint density at radius 2 is 1.96 bits per heavy atom. The molecule has 1 spiro atoms. The summed E-state index contributed by atoms with van der Waals surface area (Å²) in [4.78, 5) is 11.3. The molecule has 0 aromatic rings. The van der Waals surface area contributed by atoms with E-state index in [0.717, 1.165) is 24.8 Å². The van der Waals surface area contributed by atoms with Crippen molar-refractivity contribution >= 4 is 5.97 Å². The van der Waals surface area contributed by atoms with Crippen molar-refractivity contribution < 1.29 is 30.0 Å². The highest BCUT2D eigenvalue weighted by molar-refractivity contribution is 5.66. The fourth-order valence-electron chi connectivity index (χ4n) is 7.39. The first-order chi connectivity index (χ1) is 13.0. The van der Waals surface area contributed by atoms with E-state index in [2.05, 4.69) is 6.92 Å². The first-order valence-corrected chi connectivity index (χ1v) is 10.6. The number of esters is 1. The molecule has 8 atom stereocenters. The summed E-state index contributed by atoms with van der Waals surface area (Å²) in [5, 5.41) is 43.2. The number of aliphatic hydroxyl groups excluding tert-OH is 3. The van der Waals surface area contributed by atoms with Crippen LogP contribution in [-0.4, -0.2) is 57.4 Å². The minimum absolute atomic E-state index is 0.000637. The van der Waals surface area contributed by atoms with Crippen LogP contribution in [0.3, 0.4) is 0 Å². The first-order valence-electron chi connectivity index (χ1n) is 10.6. The third-order valence-corrected chi connectivity index (χ3v) is 9.22. The Morgan fingerprint density at radius 1 is 1.25 bits per heavy atom. The average Bonchev–Trinajstić information content (AvgIpc) is 3.02. The smallest absolute Gasteiger partial charge is 0.302 e. The van der Waals surface area contributed by atoms with Gasteiger partial charge in [-0.05, 0) is 55.4 Å². The molecule has 6 nitrogen and oxygen atoms in total. The van der Waals surface area contributed by atoms with Gasteiger partial charge in [0.25, 0.3) is 0 Å². The lowest BCUT2D eigenvalue weighted by molar-refractivity contribution is -0.207. The summed E-state index contributed by atoms with van der Waals surface area (Å²) in [6.07, 6.45) is 4.79. The first kappa shape index (κ1) is 20.3. The minimum Gasteiger partial charge on any atom is -0.463 e. The number of carbonyl (C=O) groups is 1. The molecule has 0 aliphatic heterocycles. The lowest BCUT2D eigenvalue weighted by Gasteiger charge is -2.66. The maximum Gasteiger partial charge on any atom is 0.302 e. The Balaban J connectivity index is 1.72. The predicted octanol–water partition coefficient (Wildman–Crippen LogP) is 1.55. The number of carbonyl (C=O) groups excluding carboxylic acids is 1. The van der Waals surface area contributed by atoms with Crippen molar-refractivity contribution in [3.05, 3.63) is 11.6 Å². The van der Waals surface area contributed by atoms with Crippen LogP contribution in [0.2, 0.25) is 0 Å². The van der Waals surface area contributed by atoms with Gasteiger partial charge in [0, 0.05) is 23.7 Å². The standard InChI is InChI=1S/C22H34O6/c1-13(24)28-12-22(27)7-6-21-10-14(22)8-15(21)16(25)9-17-19(2,11-23)18(26)4-5-20(17,21)3/h8,14,16-18,23,25-27H,4-7,9-12H2,1-3H3/t14-,16-,17+,18-,19+,20+,21+,22+/m1/s1. The molecule has 3 saturated carbocycles. The van der Waals surface area contributed by atoms with Crippen LogP contribution in [0.15, 0.2) is 11.6 Å². The number of hydrogen-bond donors (Lipinski definition) is 4. The molecule has 0 aromatic heterocycles. The quantitative estimate of drug-likeness (QED) is 0.427. The van der Waals surface area contributed by atoms with Crippen LogP contribution in [-0.2, 0) is 9.53 Å². The van der Waals surface area contributed by atoms with E-state index in [9.17, 15) is 25.2 Å². The van der Waals surface area contributed by atoms with Crippen LogP contribution in [0.1, 0.15) is 59.3 Å². The second-order valence-electron chi connectivity index (χ2n) is 10.3. The fraction of sp³-hybridized carbons (Fsp3) is 0.864. The molecule has 3 fully saturated rings. The normalized spacial score (nSPS) is 52.5. The van der Waals surface area contributed by atoms with Crippen molar-refractivity contribution in [3.63, 3.8) is 0 Å². The van der Waals surface area contributed by atoms with E-state index in [0.29, 0.717) is 19.3 Å². The Morgan fingerprint density at radius 3 is 2.61 bits per heavy atom. The monoisotopic (exact) mass is 394 g/mol. The largest absolute Gasteiger partial charge is 0.463 e.